The average molecular weight is 215 g/mol. The fraction of sp³-hybridized carbons (Fsp3) is 0.308. The van der Waals surface area contributed by atoms with E-state index >= 15 is 0 Å². The van der Waals surface area contributed by atoms with E-state index in [-0.39, 0.29) is 0 Å². The normalized spacial score (nSPS) is 10.6. The molecule has 0 aliphatic carbocycles. The highest BCUT2D eigenvalue weighted by Crippen LogP contribution is 2.13. The van der Waals surface area contributed by atoms with Crippen molar-refractivity contribution in [2.24, 2.45) is 12.8 Å². The maximum Gasteiger partial charge on any atom is 0.0949 e. The summed E-state index contributed by atoms with van der Waals surface area (Å²) >= 11 is 0. The van der Waals surface area contributed by atoms with Crippen molar-refractivity contribution < 1.29 is 0 Å². The molecule has 0 aliphatic heterocycles. The smallest absolute Gasteiger partial charge is 0.0949 e. The van der Waals surface area contributed by atoms with Gasteiger partial charge in [0.05, 0.1) is 12.0 Å². The summed E-state index contributed by atoms with van der Waals surface area (Å²) in [5.41, 5.74) is 9.27. The predicted octanol–water partition coefficient (Wildman–Crippen LogP) is 1.51. The first-order valence-corrected chi connectivity index (χ1v) is 5.54. The summed E-state index contributed by atoms with van der Waals surface area (Å²) in [6, 6.07) is 10.4. The fourth-order valence-corrected chi connectivity index (χ4v) is 1.87. The number of hydrogen-bond donors (Lipinski definition) is 1. The maximum absolute atomic E-state index is 5.58. The number of rotatable bonds is 4. The minimum Gasteiger partial charge on any atom is -0.337 e. The molecular formula is C13H17N3. The molecule has 0 radical (unpaired) electrons. The summed E-state index contributed by atoms with van der Waals surface area (Å²) in [5, 5.41) is 0. The van der Waals surface area contributed by atoms with Gasteiger partial charge >= 0.3 is 0 Å². The molecule has 16 heavy (non-hydrogen) atoms. The van der Waals surface area contributed by atoms with E-state index in [1.807, 2.05) is 19.4 Å². The molecule has 0 spiro atoms. The molecule has 0 saturated heterocycles. The molecule has 3 heteroatoms. The second-order valence-corrected chi connectivity index (χ2v) is 3.95. The first kappa shape index (κ1) is 10.9. The van der Waals surface area contributed by atoms with E-state index in [9.17, 15) is 0 Å². The van der Waals surface area contributed by atoms with E-state index < -0.39 is 0 Å². The van der Waals surface area contributed by atoms with Crippen molar-refractivity contribution in [2.75, 3.05) is 6.54 Å². The molecular weight excluding hydrogens is 198 g/mol. The van der Waals surface area contributed by atoms with Crippen molar-refractivity contribution in [1.29, 1.82) is 0 Å². The number of benzene rings is 1. The average Bonchev–Trinajstić information content (AvgIpc) is 2.64. The summed E-state index contributed by atoms with van der Waals surface area (Å²) in [5.74, 6) is 0. The van der Waals surface area contributed by atoms with E-state index in [1.54, 1.807) is 0 Å². The van der Waals surface area contributed by atoms with E-state index in [0.717, 1.165) is 18.5 Å². The third kappa shape index (κ3) is 2.31. The van der Waals surface area contributed by atoms with E-state index in [2.05, 4.69) is 33.8 Å². The second kappa shape index (κ2) is 4.94. The molecule has 0 unspecified atom stereocenters. The third-order valence-electron chi connectivity index (χ3n) is 2.74. The number of hydrogen-bond acceptors (Lipinski definition) is 2. The van der Waals surface area contributed by atoms with Gasteiger partial charge in [-0.15, -0.1) is 0 Å². The van der Waals surface area contributed by atoms with Crippen LogP contribution in [0.15, 0.2) is 36.7 Å². The van der Waals surface area contributed by atoms with Gasteiger partial charge in [-0.2, -0.15) is 0 Å². The van der Waals surface area contributed by atoms with Crippen LogP contribution in [0.2, 0.25) is 0 Å². The Balaban J connectivity index is 2.23. The van der Waals surface area contributed by atoms with Crippen LogP contribution in [-0.4, -0.2) is 16.1 Å². The van der Waals surface area contributed by atoms with Gasteiger partial charge in [0.25, 0.3) is 0 Å². The molecule has 0 aliphatic rings. The van der Waals surface area contributed by atoms with Gasteiger partial charge in [0.2, 0.25) is 0 Å². The van der Waals surface area contributed by atoms with Gasteiger partial charge in [-0.1, -0.05) is 30.3 Å². The Morgan fingerprint density at radius 1 is 1.25 bits per heavy atom. The lowest BCUT2D eigenvalue weighted by molar-refractivity contribution is 0.828. The first-order chi connectivity index (χ1) is 7.81. The zero-order valence-electron chi connectivity index (χ0n) is 9.56. The van der Waals surface area contributed by atoms with Crippen LogP contribution in [0.5, 0.6) is 0 Å². The van der Waals surface area contributed by atoms with Crippen molar-refractivity contribution in [3.05, 3.63) is 53.6 Å². The fourth-order valence-electron chi connectivity index (χ4n) is 1.87. The molecule has 0 bridgehead atoms. The molecule has 2 N–H and O–H groups in total. The lowest BCUT2D eigenvalue weighted by atomic mass is 10.1. The lowest BCUT2D eigenvalue weighted by Gasteiger charge is -2.05. The predicted molar refractivity (Wildman–Crippen MR) is 65.2 cm³/mol. The summed E-state index contributed by atoms with van der Waals surface area (Å²) in [4.78, 5) is 4.38. The second-order valence-electron chi connectivity index (χ2n) is 3.95. The van der Waals surface area contributed by atoms with Gasteiger partial charge in [0, 0.05) is 25.6 Å². The number of aromatic nitrogens is 2. The number of aryl methyl sites for hydroxylation is 1. The van der Waals surface area contributed by atoms with Crippen molar-refractivity contribution in [3.8, 4) is 0 Å². The van der Waals surface area contributed by atoms with Crippen molar-refractivity contribution in [2.45, 2.75) is 12.8 Å². The molecule has 1 aromatic heterocycles. The van der Waals surface area contributed by atoms with Gasteiger partial charge in [0.15, 0.2) is 0 Å². The summed E-state index contributed by atoms with van der Waals surface area (Å²) in [6.07, 6.45) is 3.64. The zero-order chi connectivity index (χ0) is 11.4. The molecule has 3 nitrogen and oxygen atoms in total. The van der Waals surface area contributed by atoms with Crippen LogP contribution in [-0.2, 0) is 19.9 Å². The molecule has 2 rings (SSSR count). The maximum atomic E-state index is 5.58. The molecule has 0 fully saturated rings. The molecule has 1 heterocycles. The minimum absolute atomic E-state index is 0.652. The van der Waals surface area contributed by atoms with Gasteiger partial charge in [-0.25, -0.2) is 4.98 Å². The quantitative estimate of drug-likeness (QED) is 0.840. The standard InChI is InChI=1S/C13H17N3/c1-16-10-15-12(7-8-14)13(16)9-11-5-3-2-4-6-11/h2-6,10H,7-9,14H2,1H3. The molecule has 1 aromatic carbocycles. The Morgan fingerprint density at radius 3 is 2.69 bits per heavy atom. The van der Waals surface area contributed by atoms with Crippen LogP contribution in [0.3, 0.4) is 0 Å². The zero-order valence-corrected chi connectivity index (χ0v) is 9.56. The van der Waals surface area contributed by atoms with Crippen LogP contribution in [0.25, 0.3) is 0 Å². The topological polar surface area (TPSA) is 43.8 Å². The van der Waals surface area contributed by atoms with Crippen LogP contribution in [0.1, 0.15) is 17.0 Å². The number of imidazole rings is 1. The van der Waals surface area contributed by atoms with Crippen LogP contribution >= 0.6 is 0 Å². The van der Waals surface area contributed by atoms with Crippen LogP contribution in [0.4, 0.5) is 0 Å². The summed E-state index contributed by atoms with van der Waals surface area (Å²) in [7, 11) is 2.03. The van der Waals surface area contributed by atoms with E-state index in [4.69, 9.17) is 5.73 Å². The molecule has 2 aromatic rings. The Hall–Kier alpha value is -1.61. The van der Waals surface area contributed by atoms with Crippen LogP contribution < -0.4 is 5.73 Å². The molecule has 0 saturated carbocycles. The van der Waals surface area contributed by atoms with E-state index in [0.29, 0.717) is 6.54 Å². The van der Waals surface area contributed by atoms with Crippen molar-refractivity contribution in [1.82, 2.24) is 9.55 Å². The molecule has 0 atom stereocenters. The SMILES string of the molecule is Cn1cnc(CCN)c1Cc1ccccc1. The van der Waals surface area contributed by atoms with Gasteiger partial charge in [-0.3, -0.25) is 0 Å². The highest BCUT2D eigenvalue weighted by atomic mass is 15.0. The van der Waals surface area contributed by atoms with Gasteiger partial charge in [-0.05, 0) is 12.1 Å². The van der Waals surface area contributed by atoms with Gasteiger partial charge in [0.1, 0.15) is 0 Å². The van der Waals surface area contributed by atoms with Gasteiger partial charge < -0.3 is 10.3 Å². The number of nitrogens with zero attached hydrogens (tertiary/aromatic N) is 2. The lowest BCUT2D eigenvalue weighted by Crippen LogP contribution is -2.07. The van der Waals surface area contributed by atoms with Crippen molar-refractivity contribution in [3.63, 3.8) is 0 Å². The first-order valence-electron chi connectivity index (χ1n) is 5.54. The molecule has 0 amide bonds. The highest BCUT2D eigenvalue weighted by Gasteiger charge is 2.08. The van der Waals surface area contributed by atoms with Crippen molar-refractivity contribution >= 4 is 0 Å². The van der Waals surface area contributed by atoms with Crippen LogP contribution in [0, 0.1) is 0 Å². The highest BCUT2D eigenvalue weighted by molar-refractivity contribution is 5.25. The Labute approximate surface area is 95.9 Å². The number of nitrogens with two attached hydrogens (primary N) is 1. The Morgan fingerprint density at radius 2 is 2.00 bits per heavy atom. The molecule has 84 valence electrons. The minimum atomic E-state index is 0.652. The third-order valence-corrected chi connectivity index (χ3v) is 2.74. The Bertz CT molecular complexity index is 445. The monoisotopic (exact) mass is 215 g/mol. The largest absolute Gasteiger partial charge is 0.337 e. The van der Waals surface area contributed by atoms with E-state index in [1.165, 1.54) is 11.3 Å². The summed E-state index contributed by atoms with van der Waals surface area (Å²) in [6.45, 7) is 0.652. The Kier molecular flexibility index (Phi) is 3.37. The summed E-state index contributed by atoms with van der Waals surface area (Å²) < 4.78 is 2.08.